The number of ether oxygens (including phenoxy) is 1. The second kappa shape index (κ2) is 6.60. The Hall–Kier alpha value is -2.80. The van der Waals surface area contributed by atoms with E-state index in [-0.39, 0.29) is 10.6 Å². The summed E-state index contributed by atoms with van der Waals surface area (Å²) in [5.74, 6) is -0.0733. The Bertz CT molecular complexity index is 998. The highest BCUT2D eigenvalue weighted by molar-refractivity contribution is 7.92. The Labute approximate surface area is 145 Å². The van der Waals surface area contributed by atoms with Crippen LogP contribution in [0.1, 0.15) is 5.69 Å². The van der Waals surface area contributed by atoms with E-state index in [1.54, 1.807) is 41.0 Å². The molecule has 0 spiro atoms. The molecule has 130 valence electrons. The molecule has 0 atom stereocenters. The topological polar surface area (TPSA) is 60.3 Å². The van der Waals surface area contributed by atoms with Gasteiger partial charge in [0.15, 0.2) is 11.6 Å². The summed E-state index contributed by atoms with van der Waals surface area (Å²) >= 11 is 0. The molecule has 0 unspecified atom stereocenters. The first-order chi connectivity index (χ1) is 11.9. The lowest BCUT2D eigenvalue weighted by atomic mass is 10.3. The average molecular weight is 360 g/mol. The Kier molecular flexibility index (Phi) is 4.50. The van der Waals surface area contributed by atoms with Gasteiger partial charge in [-0.1, -0.05) is 18.2 Å². The number of rotatable bonds is 5. The van der Waals surface area contributed by atoms with Gasteiger partial charge in [0.05, 0.1) is 17.7 Å². The van der Waals surface area contributed by atoms with Crippen LogP contribution in [0.4, 0.5) is 10.2 Å². The van der Waals surface area contributed by atoms with Gasteiger partial charge in [0, 0.05) is 11.8 Å². The van der Waals surface area contributed by atoms with Crippen molar-refractivity contribution in [2.24, 2.45) is 0 Å². The van der Waals surface area contributed by atoms with Gasteiger partial charge in [-0.2, -0.15) is 0 Å². The molecule has 5 nitrogen and oxygen atoms in total. The molecule has 0 bridgehead atoms. The van der Waals surface area contributed by atoms with Gasteiger partial charge < -0.3 is 9.30 Å². The number of aryl methyl sites for hydroxylation is 1. The third-order valence-electron chi connectivity index (χ3n) is 3.76. The minimum Gasteiger partial charge on any atom is -0.494 e. The molecule has 3 rings (SSSR count). The van der Waals surface area contributed by atoms with Crippen molar-refractivity contribution in [2.75, 3.05) is 11.8 Å². The summed E-state index contributed by atoms with van der Waals surface area (Å²) in [7, 11) is -2.36. The van der Waals surface area contributed by atoms with Gasteiger partial charge >= 0.3 is 0 Å². The monoisotopic (exact) mass is 360 g/mol. The van der Waals surface area contributed by atoms with Crippen molar-refractivity contribution in [3.63, 3.8) is 0 Å². The molecule has 0 aliphatic heterocycles. The minimum absolute atomic E-state index is 0.125. The van der Waals surface area contributed by atoms with Crippen LogP contribution in [0.2, 0.25) is 0 Å². The zero-order valence-corrected chi connectivity index (χ0v) is 14.5. The van der Waals surface area contributed by atoms with Gasteiger partial charge in [0.25, 0.3) is 10.0 Å². The molecule has 1 aromatic heterocycles. The largest absolute Gasteiger partial charge is 0.494 e. The van der Waals surface area contributed by atoms with Crippen LogP contribution in [-0.2, 0) is 10.0 Å². The number of nitrogens with one attached hydrogen (secondary N) is 1. The van der Waals surface area contributed by atoms with Crippen molar-refractivity contribution in [2.45, 2.75) is 11.8 Å². The molecule has 0 amide bonds. The molecular formula is C18H17FN2O3S. The van der Waals surface area contributed by atoms with Crippen LogP contribution >= 0.6 is 0 Å². The van der Waals surface area contributed by atoms with Crippen LogP contribution in [0.15, 0.2) is 65.6 Å². The van der Waals surface area contributed by atoms with E-state index in [0.29, 0.717) is 11.5 Å². The Morgan fingerprint density at radius 1 is 1.04 bits per heavy atom. The van der Waals surface area contributed by atoms with Crippen molar-refractivity contribution < 1.29 is 17.5 Å². The molecule has 1 N–H and O–H groups in total. The summed E-state index contributed by atoms with van der Waals surface area (Å²) in [6.07, 6.45) is 0. The van der Waals surface area contributed by atoms with Crippen LogP contribution in [0, 0.1) is 12.7 Å². The number of hydrogen-bond donors (Lipinski definition) is 1. The van der Waals surface area contributed by atoms with Crippen molar-refractivity contribution >= 4 is 15.8 Å². The molecule has 3 aromatic rings. The normalized spacial score (nSPS) is 11.3. The maximum absolute atomic E-state index is 14.0. The molecule has 0 aliphatic rings. The molecule has 0 fully saturated rings. The number of aromatic nitrogens is 1. The molecule has 0 radical (unpaired) electrons. The fraction of sp³-hybridized carbons (Fsp3) is 0.111. The zero-order valence-electron chi connectivity index (χ0n) is 13.7. The first-order valence-electron chi connectivity index (χ1n) is 7.52. The van der Waals surface area contributed by atoms with E-state index in [4.69, 9.17) is 4.74 Å². The molecule has 7 heteroatoms. The standard InChI is InChI=1S/C18H17FN2O3S/c1-13-8-11-18(20-25(22,23)15-6-4-3-5-7-15)21(13)14-9-10-17(24-2)16(19)12-14/h3-12,20H,1-2H3. The highest BCUT2D eigenvalue weighted by Crippen LogP contribution is 2.26. The van der Waals surface area contributed by atoms with Crippen molar-refractivity contribution in [1.29, 1.82) is 0 Å². The molecule has 1 heterocycles. The van der Waals surface area contributed by atoms with E-state index >= 15 is 0 Å². The maximum Gasteiger partial charge on any atom is 0.263 e. The van der Waals surface area contributed by atoms with Gasteiger partial charge in [-0.3, -0.25) is 4.72 Å². The van der Waals surface area contributed by atoms with Crippen LogP contribution in [-0.4, -0.2) is 20.1 Å². The molecular weight excluding hydrogens is 343 g/mol. The van der Waals surface area contributed by atoms with Gasteiger partial charge in [0.1, 0.15) is 5.82 Å². The van der Waals surface area contributed by atoms with Crippen molar-refractivity contribution in [3.05, 3.63) is 72.2 Å². The fourth-order valence-corrected chi connectivity index (χ4v) is 3.62. The summed E-state index contributed by atoms with van der Waals surface area (Å²) in [4.78, 5) is 0.154. The highest BCUT2D eigenvalue weighted by Gasteiger charge is 2.18. The Balaban J connectivity index is 2.02. The number of sulfonamides is 1. The lowest BCUT2D eigenvalue weighted by Crippen LogP contribution is -2.15. The van der Waals surface area contributed by atoms with E-state index in [1.165, 1.54) is 31.4 Å². The number of anilines is 1. The third kappa shape index (κ3) is 3.36. The van der Waals surface area contributed by atoms with E-state index in [1.807, 2.05) is 6.92 Å². The number of benzene rings is 2. The summed E-state index contributed by atoms with van der Waals surface area (Å²) in [5.41, 5.74) is 1.25. The lowest BCUT2D eigenvalue weighted by Gasteiger charge is -2.14. The zero-order chi connectivity index (χ0) is 18.0. The van der Waals surface area contributed by atoms with E-state index in [0.717, 1.165) is 5.69 Å². The number of hydrogen-bond acceptors (Lipinski definition) is 3. The smallest absolute Gasteiger partial charge is 0.263 e. The number of nitrogens with zero attached hydrogens (tertiary/aromatic N) is 1. The van der Waals surface area contributed by atoms with Gasteiger partial charge in [-0.05, 0) is 43.3 Å². The van der Waals surface area contributed by atoms with E-state index in [9.17, 15) is 12.8 Å². The van der Waals surface area contributed by atoms with Gasteiger partial charge in [-0.25, -0.2) is 12.8 Å². The quantitative estimate of drug-likeness (QED) is 0.754. The summed E-state index contributed by atoms with van der Waals surface area (Å²) < 4.78 is 48.2. The summed E-state index contributed by atoms with van der Waals surface area (Å²) in [6.45, 7) is 1.81. The predicted octanol–water partition coefficient (Wildman–Crippen LogP) is 3.73. The van der Waals surface area contributed by atoms with Crippen LogP contribution < -0.4 is 9.46 Å². The fourth-order valence-electron chi connectivity index (χ4n) is 2.55. The second-order valence-electron chi connectivity index (χ2n) is 5.43. The number of methoxy groups -OCH3 is 1. The summed E-state index contributed by atoms with van der Waals surface area (Å²) in [6, 6.07) is 15.9. The molecule has 0 saturated carbocycles. The van der Waals surface area contributed by atoms with Crippen molar-refractivity contribution in [3.8, 4) is 11.4 Å². The SMILES string of the molecule is COc1ccc(-n2c(C)ccc2NS(=O)(=O)c2ccccc2)cc1F. The van der Waals surface area contributed by atoms with Gasteiger partial charge in [-0.15, -0.1) is 0 Å². The molecule has 0 aliphatic carbocycles. The maximum atomic E-state index is 14.0. The summed E-state index contributed by atoms with van der Waals surface area (Å²) in [5, 5.41) is 0. The van der Waals surface area contributed by atoms with Crippen LogP contribution in [0.5, 0.6) is 5.75 Å². The first-order valence-corrected chi connectivity index (χ1v) is 9.01. The van der Waals surface area contributed by atoms with Crippen LogP contribution in [0.3, 0.4) is 0 Å². The van der Waals surface area contributed by atoms with E-state index < -0.39 is 15.8 Å². The van der Waals surface area contributed by atoms with E-state index in [2.05, 4.69) is 4.72 Å². The number of halogens is 1. The highest BCUT2D eigenvalue weighted by atomic mass is 32.2. The van der Waals surface area contributed by atoms with Crippen LogP contribution in [0.25, 0.3) is 5.69 Å². The predicted molar refractivity (Wildman–Crippen MR) is 94.3 cm³/mol. The average Bonchev–Trinajstić information content (AvgIpc) is 2.95. The lowest BCUT2D eigenvalue weighted by molar-refractivity contribution is 0.386. The molecule has 25 heavy (non-hydrogen) atoms. The van der Waals surface area contributed by atoms with Gasteiger partial charge in [0.2, 0.25) is 0 Å². The molecule has 0 saturated heterocycles. The van der Waals surface area contributed by atoms with Crippen molar-refractivity contribution in [1.82, 2.24) is 4.57 Å². The Morgan fingerprint density at radius 2 is 1.76 bits per heavy atom. The second-order valence-corrected chi connectivity index (χ2v) is 7.12. The molecule has 2 aromatic carbocycles. The minimum atomic E-state index is -3.74. The first kappa shape index (κ1) is 17.0. The third-order valence-corrected chi connectivity index (χ3v) is 5.13. The Morgan fingerprint density at radius 3 is 2.40 bits per heavy atom.